The van der Waals surface area contributed by atoms with Crippen molar-refractivity contribution in [2.45, 2.75) is 26.8 Å². The largest absolute Gasteiger partial charge is 0.358 e. The lowest BCUT2D eigenvalue weighted by molar-refractivity contribution is 0.0989. The van der Waals surface area contributed by atoms with E-state index in [4.69, 9.17) is 0 Å². The average molecular weight is 248 g/mol. The Morgan fingerprint density at radius 3 is 2.83 bits per heavy atom. The first-order valence-electron chi connectivity index (χ1n) is 6.03. The predicted octanol–water partition coefficient (Wildman–Crippen LogP) is 2.80. The van der Waals surface area contributed by atoms with Crippen molar-refractivity contribution in [2.75, 3.05) is 6.54 Å². The van der Waals surface area contributed by atoms with Crippen LogP contribution in [-0.2, 0) is 0 Å². The summed E-state index contributed by atoms with van der Waals surface area (Å²) in [7, 11) is 0. The number of aromatic amines is 1. The van der Waals surface area contributed by atoms with E-state index in [1.54, 1.807) is 6.07 Å². The van der Waals surface area contributed by atoms with Crippen LogP contribution in [0.2, 0.25) is 0 Å². The minimum Gasteiger partial charge on any atom is -0.358 e. The minimum atomic E-state index is -0.327. The Labute approximate surface area is 105 Å². The predicted molar refractivity (Wildman–Crippen MR) is 70.5 cm³/mol. The SMILES string of the molecule is Cc1[nH]c2ccc(F)cc2c1C(=O)CNC(C)C. The Bertz CT molecular complexity index is 587. The summed E-state index contributed by atoms with van der Waals surface area (Å²) < 4.78 is 13.3. The zero-order valence-corrected chi connectivity index (χ0v) is 10.8. The van der Waals surface area contributed by atoms with Gasteiger partial charge in [0.15, 0.2) is 5.78 Å². The second-order valence-corrected chi connectivity index (χ2v) is 4.77. The number of hydrogen-bond donors (Lipinski definition) is 2. The first kappa shape index (κ1) is 12.8. The molecule has 2 N–H and O–H groups in total. The molecule has 0 aliphatic carbocycles. The summed E-state index contributed by atoms with van der Waals surface area (Å²) in [5, 5.41) is 3.74. The van der Waals surface area contributed by atoms with Crippen molar-refractivity contribution in [1.82, 2.24) is 10.3 Å². The van der Waals surface area contributed by atoms with Gasteiger partial charge in [-0.2, -0.15) is 0 Å². The molecule has 0 atom stereocenters. The molecule has 0 bridgehead atoms. The molecule has 0 amide bonds. The van der Waals surface area contributed by atoms with Crippen molar-refractivity contribution in [2.24, 2.45) is 0 Å². The molecule has 96 valence electrons. The Morgan fingerprint density at radius 2 is 2.17 bits per heavy atom. The van der Waals surface area contributed by atoms with Gasteiger partial charge in [0.2, 0.25) is 0 Å². The second-order valence-electron chi connectivity index (χ2n) is 4.77. The lowest BCUT2D eigenvalue weighted by Gasteiger charge is -2.07. The number of carbonyl (C=O) groups excluding carboxylic acids is 1. The number of benzene rings is 1. The van der Waals surface area contributed by atoms with Crippen LogP contribution >= 0.6 is 0 Å². The number of ketones is 1. The molecule has 2 aromatic rings. The van der Waals surface area contributed by atoms with Crippen molar-refractivity contribution < 1.29 is 9.18 Å². The van der Waals surface area contributed by atoms with Crippen LogP contribution in [0.1, 0.15) is 29.9 Å². The molecule has 4 heteroatoms. The molecular formula is C14H17FN2O. The van der Waals surface area contributed by atoms with Gasteiger partial charge in [-0.3, -0.25) is 4.79 Å². The zero-order valence-electron chi connectivity index (χ0n) is 10.8. The van der Waals surface area contributed by atoms with Gasteiger partial charge in [0.05, 0.1) is 6.54 Å². The fraction of sp³-hybridized carbons (Fsp3) is 0.357. The number of fused-ring (bicyclic) bond motifs is 1. The summed E-state index contributed by atoms with van der Waals surface area (Å²) in [6, 6.07) is 4.70. The van der Waals surface area contributed by atoms with E-state index >= 15 is 0 Å². The highest BCUT2D eigenvalue weighted by Gasteiger charge is 2.16. The maximum Gasteiger partial charge on any atom is 0.179 e. The summed E-state index contributed by atoms with van der Waals surface area (Å²) in [6.07, 6.45) is 0. The number of rotatable bonds is 4. The monoisotopic (exact) mass is 248 g/mol. The average Bonchev–Trinajstić information content (AvgIpc) is 2.61. The first-order valence-corrected chi connectivity index (χ1v) is 6.03. The molecule has 2 rings (SSSR count). The maximum atomic E-state index is 13.3. The van der Waals surface area contributed by atoms with Crippen LogP contribution in [-0.4, -0.2) is 23.4 Å². The highest BCUT2D eigenvalue weighted by Crippen LogP contribution is 2.23. The molecular weight excluding hydrogens is 231 g/mol. The molecule has 0 aliphatic rings. The van der Waals surface area contributed by atoms with Gasteiger partial charge in [-0.1, -0.05) is 13.8 Å². The maximum absolute atomic E-state index is 13.3. The van der Waals surface area contributed by atoms with E-state index in [1.165, 1.54) is 12.1 Å². The van der Waals surface area contributed by atoms with E-state index in [0.29, 0.717) is 10.9 Å². The summed E-state index contributed by atoms with van der Waals surface area (Å²) in [6.45, 7) is 6.06. The normalized spacial score (nSPS) is 11.4. The first-order chi connectivity index (χ1) is 8.49. The van der Waals surface area contributed by atoms with E-state index < -0.39 is 0 Å². The van der Waals surface area contributed by atoms with Crippen LogP contribution in [0, 0.1) is 12.7 Å². The van der Waals surface area contributed by atoms with Crippen LogP contribution in [0.4, 0.5) is 4.39 Å². The fourth-order valence-corrected chi connectivity index (χ4v) is 2.04. The van der Waals surface area contributed by atoms with Crippen LogP contribution in [0.3, 0.4) is 0 Å². The highest BCUT2D eigenvalue weighted by atomic mass is 19.1. The lowest BCUT2D eigenvalue weighted by Crippen LogP contribution is -2.29. The third-order valence-corrected chi connectivity index (χ3v) is 2.90. The molecule has 1 heterocycles. The number of Topliss-reactive ketones (excluding diaryl/α,β-unsaturated/α-hetero) is 1. The number of H-pyrrole nitrogens is 1. The van der Waals surface area contributed by atoms with Gasteiger partial charge in [0.1, 0.15) is 5.82 Å². The van der Waals surface area contributed by atoms with Crippen LogP contribution in [0.15, 0.2) is 18.2 Å². The van der Waals surface area contributed by atoms with E-state index in [0.717, 1.165) is 11.2 Å². The van der Waals surface area contributed by atoms with Crippen LogP contribution < -0.4 is 5.32 Å². The molecule has 1 aromatic heterocycles. The Morgan fingerprint density at radius 1 is 1.44 bits per heavy atom. The second kappa shape index (κ2) is 4.90. The molecule has 0 fully saturated rings. The molecule has 0 saturated carbocycles. The molecule has 0 aliphatic heterocycles. The zero-order chi connectivity index (χ0) is 13.3. The number of halogens is 1. The van der Waals surface area contributed by atoms with E-state index in [1.807, 2.05) is 20.8 Å². The Kier molecular flexibility index (Phi) is 3.48. The quantitative estimate of drug-likeness (QED) is 0.817. The van der Waals surface area contributed by atoms with Crippen molar-refractivity contribution in [3.05, 3.63) is 35.3 Å². The van der Waals surface area contributed by atoms with Gasteiger partial charge in [-0.15, -0.1) is 0 Å². The molecule has 0 radical (unpaired) electrons. The molecule has 0 spiro atoms. The van der Waals surface area contributed by atoms with E-state index in [-0.39, 0.29) is 24.2 Å². The van der Waals surface area contributed by atoms with Crippen molar-refractivity contribution in [3.8, 4) is 0 Å². The van der Waals surface area contributed by atoms with Crippen molar-refractivity contribution in [1.29, 1.82) is 0 Å². The number of nitrogens with one attached hydrogen (secondary N) is 2. The smallest absolute Gasteiger partial charge is 0.179 e. The van der Waals surface area contributed by atoms with Crippen LogP contribution in [0.25, 0.3) is 10.9 Å². The number of hydrogen-bond acceptors (Lipinski definition) is 2. The molecule has 3 nitrogen and oxygen atoms in total. The minimum absolute atomic E-state index is 0.0157. The van der Waals surface area contributed by atoms with E-state index in [2.05, 4.69) is 10.3 Å². The van der Waals surface area contributed by atoms with Crippen molar-refractivity contribution >= 4 is 16.7 Å². The van der Waals surface area contributed by atoms with Gasteiger partial charge in [0, 0.05) is 28.2 Å². The third-order valence-electron chi connectivity index (χ3n) is 2.90. The standard InChI is InChI=1S/C14H17FN2O/c1-8(2)16-7-13(18)14-9(3)17-12-5-4-10(15)6-11(12)14/h4-6,8,16-17H,7H2,1-3H3. The number of aromatic nitrogens is 1. The molecule has 18 heavy (non-hydrogen) atoms. The van der Waals surface area contributed by atoms with Crippen LogP contribution in [0.5, 0.6) is 0 Å². The van der Waals surface area contributed by atoms with Gasteiger partial charge in [-0.25, -0.2) is 4.39 Å². The van der Waals surface area contributed by atoms with Gasteiger partial charge < -0.3 is 10.3 Å². The lowest BCUT2D eigenvalue weighted by atomic mass is 10.1. The molecule has 0 saturated heterocycles. The third kappa shape index (κ3) is 2.43. The highest BCUT2D eigenvalue weighted by molar-refractivity contribution is 6.10. The molecule has 0 unspecified atom stereocenters. The Balaban J connectivity index is 2.40. The fourth-order valence-electron chi connectivity index (χ4n) is 2.04. The molecule has 1 aromatic carbocycles. The summed E-state index contributed by atoms with van der Waals surface area (Å²) >= 11 is 0. The number of carbonyl (C=O) groups is 1. The number of aryl methyl sites for hydroxylation is 1. The van der Waals surface area contributed by atoms with E-state index in [9.17, 15) is 9.18 Å². The van der Waals surface area contributed by atoms with Gasteiger partial charge >= 0.3 is 0 Å². The Hall–Kier alpha value is -1.68. The topological polar surface area (TPSA) is 44.9 Å². The summed E-state index contributed by atoms with van der Waals surface area (Å²) in [5.41, 5.74) is 2.16. The summed E-state index contributed by atoms with van der Waals surface area (Å²) in [5.74, 6) is -0.342. The summed E-state index contributed by atoms with van der Waals surface area (Å²) in [4.78, 5) is 15.3. The van der Waals surface area contributed by atoms with Gasteiger partial charge in [-0.05, 0) is 25.1 Å². The van der Waals surface area contributed by atoms with Gasteiger partial charge in [0.25, 0.3) is 0 Å². The van der Waals surface area contributed by atoms with Crippen molar-refractivity contribution in [3.63, 3.8) is 0 Å².